The topological polar surface area (TPSA) is 35.5 Å². The molecule has 0 fully saturated rings. The van der Waals surface area contributed by atoms with Crippen LogP contribution < -0.4 is 4.74 Å². The molecule has 6 heteroatoms. The largest absolute Gasteiger partial charge is 0.479 e. The van der Waals surface area contributed by atoms with Gasteiger partial charge in [0.1, 0.15) is 5.82 Å². The van der Waals surface area contributed by atoms with Gasteiger partial charge in [-0.3, -0.25) is 0 Å². The first-order valence-corrected chi connectivity index (χ1v) is 12.8. The lowest BCUT2D eigenvalue weighted by atomic mass is 10.1. The van der Waals surface area contributed by atoms with Crippen LogP contribution in [0.25, 0.3) is 0 Å². The third kappa shape index (κ3) is 7.22. The van der Waals surface area contributed by atoms with Crippen molar-refractivity contribution in [2.45, 2.75) is 34.1 Å². The summed E-state index contributed by atoms with van der Waals surface area (Å²) >= 11 is 0. The molecule has 3 nitrogen and oxygen atoms in total. The van der Waals surface area contributed by atoms with Crippen LogP contribution >= 0.6 is 0 Å². The van der Waals surface area contributed by atoms with Gasteiger partial charge in [-0.25, -0.2) is 13.6 Å². The summed E-state index contributed by atoms with van der Waals surface area (Å²) in [7, 11) is -0.490. The molecule has 0 N–H and O–H groups in total. The predicted octanol–water partition coefficient (Wildman–Crippen LogP) is 6.81. The van der Waals surface area contributed by atoms with Crippen molar-refractivity contribution in [3.05, 3.63) is 120 Å². The van der Waals surface area contributed by atoms with Gasteiger partial charge in [0.2, 0.25) is 0 Å². The van der Waals surface area contributed by atoms with Crippen molar-refractivity contribution in [2.24, 2.45) is 0 Å². The fraction of sp³-hybridized carbons (Fsp3) is 0.129. The van der Waals surface area contributed by atoms with Gasteiger partial charge in [-0.2, -0.15) is 0 Å². The lowest BCUT2D eigenvalue weighted by Gasteiger charge is -2.19. The van der Waals surface area contributed by atoms with Gasteiger partial charge in [-0.15, -0.1) is 0 Å². The number of carbonyl (C=O) groups excluding carboxylic acids is 1. The molecule has 0 unspecified atom stereocenters. The lowest BCUT2D eigenvalue weighted by molar-refractivity contribution is -0.154. The van der Waals surface area contributed by atoms with E-state index in [4.69, 9.17) is 9.47 Å². The Morgan fingerprint density at radius 2 is 1.41 bits per heavy atom. The number of ether oxygens (including phenoxy) is 2. The number of carbonyl (C=O) groups is 1. The fourth-order valence-electron chi connectivity index (χ4n) is 3.47. The first-order valence-electron chi connectivity index (χ1n) is 11.6. The average Bonchev–Trinajstić information content (AvgIpc) is 2.90. The van der Waals surface area contributed by atoms with E-state index in [1.807, 2.05) is 60.7 Å². The normalized spacial score (nSPS) is 10.9. The van der Waals surface area contributed by atoms with Gasteiger partial charge in [0, 0.05) is 11.6 Å². The number of rotatable bonds is 7. The molecule has 37 heavy (non-hydrogen) atoms. The maximum Gasteiger partial charge on any atom is 0.345 e. The Hall–Kier alpha value is -4.08. The van der Waals surface area contributed by atoms with Gasteiger partial charge in [0.25, 0.3) is 0 Å². The molecule has 0 atom stereocenters. The van der Waals surface area contributed by atoms with E-state index < -0.39 is 34.9 Å². The molecule has 186 valence electrons. The number of esters is 1. The number of hydrogen-bond acceptors (Lipinski definition) is 3. The van der Waals surface area contributed by atoms with Crippen molar-refractivity contribution >= 4 is 16.9 Å². The zero-order valence-electron chi connectivity index (χ0n) is 20.4. The van der Waals surface area contributed by atoms with E-state index in [2.05, 4.69) is 11.8 Å². The molecule has 0 aromatic heterocycles. The standard InChI is InChI=1S/C31H25F2O3S/c1-31(2,20-19-23-13-15-24(32)16-14-23)36-30(34)22-35-29-21-27(17-18-28(29)33)37(25-9-5-3-6-10-25)26-11-7-4-8-12-26/h3-18,21H,22H2,1-2H3/q+1. The van der Waals surface area contributed by atoms with Gasteiger partial charge in [0.15, 0.2) is 38.5 Å². The van der Waals surface area contributed by atoms with E-state index in [1.165, 1.54) is 30.3 Å². The minimum atomic E-state index is -1.12. The third-order valence-corrected chi connectivity index (χ3v) is 7.38. The highest BCUT2D eigenvalue weighted by Gasteiger charge is 2.30. The quantitative estimate of drug-likeness (QED) is 0.154. The van der Waals surface area contributed by atoms with Crippen molar-refractivity contribution in [2.75, 3.05) is 6.61 Å². The molecule has 0 aliphatic carbocycles. The summed E-state index contributed by atoms with van der Waals surface area (Å²) in [6.07, 6.45) is 0. The van der Waals surface area contributed by atoms with Crippen LogP contribution in [0.1, 0.15) is 19.4 Å². The van der Waals surface area contributed by atoms with Crippen molar-refractivity contribution < 1.29 is 23.0 Å². The first kappa shape index (κ1) is 26.0. The second-order valence-corrected chi connectivity index (χ2v) is 10.6. The average molecular weight is 516 g/mol. The second kappa shape index (κ2) is 11.8. The van der Waals surface area contributed by atoms with E-state index in [9.17, 15) is 13.6 Å². The van der Waals surface area contributed by atoms with Crippen molar-refractivity contribution in [1.29, 1.82) is 0 Å². The second-order valence-electron chi connectivity index (χ2n) is 8.55. The Bertz CT molecular complexity index is 1370. The number of hydrogen-bond donors (Lipinski definition) is 0. The zero-order valence-corrected chi connectivity index (χ0v) is 21.2. The summed E-state index contributed by atoms with van der Waals surface area (Å²) in [5.41, 5.74) is -0.532. The summed E-state index contributed by atoms with van der Waals surface area (Å²) in [4.78, 5) is 15.5. The molecule has 0 radical (unpaired) electrons. The summed E-state index contributed by atoms with van der Waals surface area (Å²) in [5.74, 6) is 4.06. The van der Waals surface area contributed by atoms with Gasteiger partial charge in [0.05, 0.1) is 10.9 Å². The maximum absolute atomic E-state index is 14.6. The lowest BCUT2D eigenvalue weighted by Crippen LogP contribution is -2.29. The molecule has 0 saturated carbocycles. The van der Waals surface area contributed by atoms with Crippen LogP contribution in [0, 0.1) is 23.5 Å². The van der Waals surface area contributed by atoms with E-state index in [1.54, 1.807) is 26.0 Å². The van der Waals surface area contributed by atoms with Crippen LogP contribution in [0.15, 0.2) is 118 Å². The molecule has 0 aliphatic heterocycles. The smallest absolute Gasteiger partial charge is 0.345 e. The zero-order chi connectivity index (χ0) is 26.3. The molecular weight excluding hydrogens is 490 g/mol. The SMILES string of the molecule is CC(C)(C#Cc1ccc(F)cc1)OC(=O)COc1cc([S+](c2ccccc2)c2ccccc2)ccc1F. The van der Waals surface area contributed by atoms with Crippen LogP contribution in [0.2, 0.25) is 0 Å². The Morgan fingerprint density at radius 3 is 2.00 bits per heavy atom. The van der Waals surface area contributed by atoms with Gasteiger partial charge in [-0.1, -0.05) is 48.2 Å². The van der Waals surface area contributed by atoms with Crippen LogP contribution in [-0.2, 0) is 20.4 Å². The molecule has 4 aromatic carbocycles. The van der Waals surface area contributed by atoms with Crippen molar-refractivity contribution in [3.63, 3.8) is 0 Å². The third-order valence-electron chi connectivity index (χ3n) is 5.16. The van der Waals surface area contributed by atoms with Gasteiger partial charge >= 0.3 is 5.97 Å². The minimum Gasteiger partial charge on any atom is -0.479 e. The molecule has 0 aliphatic rings. The van der Waals surface area contributed by atoms with Crippen LogP contribution in [-0.4, -0.2) is 18.2 Å². The van der Waals surface area contributed by atoms with E-state index in [-0.39, 0.29) is 11.6 Å². The molecule has 0 spiro atoms. The molecular formula is C31H25F2O3S+. The fourth-order valence-corrected chi connectivity index (χ4v) is 5.58. The Morgan fingerprint density at radius 1 is 0.811 bits per heavy atom. The summed E-state index contributed by atoms with van der Waals surface area (Å²) < 4.78 is 38.7. The predicted molar refractivity (Wildman–Crippen MR) is 140 cm³/mol. The number of halogens is 2. The van der Waals surface area contributed by atoms with Crippen LogP contribution in [0.5, 0.6) is 5.75 Å². The number of benzene rings is 4. The van der Waals surface area contributed by atoms with Crippen molar-refractivity contribution in [3.8, 4) is 17.6 Å². The molecule has 4 aromatic rings. The minimum absolute atomic E-state index is 0.0333. The Balaban J connectivity index is 1.48. The molecule has 0 bridgehead atoms. The maximum atomic E-state index is 14.6. The van der Waals surface area contributed by atoms with Gasteiger partial charge < -0.3 is 9.47 Å². The van der Waals surface area contributed by atoms with Crippen LogP contribution in [0.4, 0.5) is 8.78 Å². The Kier molecular flexibility index (Phi) is 8.27. The summed E-state index contributed by atoms with van der Waals surface area (Å²) in [5, 5.41) is 0. The van der Waals surface area contributed by atoms with Crippen LogP contribution in [0.3, 0.4) is 0 Å². The molecule has 4 rings (SSSR count). The molecule has 0 saturated heterocycles. The first-order chi connectivity index (χ1) is 17.8. The Labute approximate surface area is 218 Å². The van der Waals surface area contributed by atoms with E-state index in [0.29, 0.717) is 5.56 Å². The molecule has 0 amide bonds. The van der Waals surface area contributed by atoms with E-state index >= 15 is 0 Å². The highest BCUT2D eigenvalue weighted by molar-refractivity contribution is 7.97. The van der Waals surface area contributed by atoms with Gasteiger partial charge in [-0.05, 0) is 74.5 Å². The van der Waals surface area contributed by atoms with Crippen molar-refractivity contribution in [1.82, 2.24) is 0 Å². The monoisotopic (exact) mass is 515 g/mol. The molecule has 0 heterocycles. The van der Waals surface area contributed by atoms with E-state index in [0.717, 1.165) is 14.7 Å². The highest BCUT2D eigenvalue weighted by Crippen LogP contribution is 2.33. The summed E-state index contributed by atoms with van der Waals surface area (Å²) in [6, 6.07) is 30.3. The summed E-state index contributed by atoms with van der Waals surface area (Å²) in [6.45, 7) is 2.79. The highest BCUT2D eigenvalue weighted by atomic mass is 32.2.